The van der Waals surface area contributed by atoms with Crippen molar-refractivity contribution in [1.29, 1.82) is 5.26 Å². The topological polar surface area (TPSA) is 68.7 Å². The summed E-state index contributed by atoms with van der Waals surface area (Å²) < 4.78 is 0. The first kappa shape index (κ1) is 13.2. The zero-order chi connectivity index (χ0) is 13.9. The summed E-state index contributed by atoms with van der Waals surface area (Å²) in [5, 5.41) is 12.3. The van der Waals surface area contributed by atoms with Crippen LogP contribution in [0.4, 0.5) is 0 Å². The standard InChI is InChI=1S/C15H17N3O/c1-15(2,14(19)17-8-7-16)9-11-10-18-13-6-4-3-5-12(11)13/h3-6,10,18H,8-9H2,1-2H3,(H,17,19). The molecule has 0 bridgehead atoms. The molecule has 0 saturated carbocycles. The second-order valence-corrected chi connectivity index (χ2v) is 5.26. The maximum atomic E-state index is 12.0. The first-order valence-electron chi connectivity index (χ1n) is 6.25. The maximum Gasteiger partial charge on any atom is 0.226 e. The van der Waals surface area contributed by atoms with Crippen LogP contribution < -0.4 is 5.32 Å². The molecule has 1 aromatic carbocycles. The van der Waals surface area contributed by atoms with Gasteiger partial charge in [0.15, 0.2) is 0 Å². The molecule has 2 rings (SSSR count). The molecule has 0 fully saturated rings. The number of nitrogens with one attached hydrogen (secondary N) is 2. The number of nitrogens with zero attached hydrogens (tertiary/aromatic N) is 1. The summed E-state index contributed by atoms with van der Waals surface area (Å²) in [4.78, 5) is 15.2. The van der Waals surface area contributed by atoms with E-state index in [2.05, 4.69) is 10.3 Å². The van der Waals surface area contributed by atoms with Crippen LogP contribution in [-0.2, 0) is 11.2 Å². The number of rotatable bonds is 4. The van der Waals surface area contributed by atoms with E-state index in [1.165, 1.54) is 0 Å². The van der Waals surface area contributed by atoms with E-state index in [4.69, 9.17) is 5.26 Å². The monoisotopic (exact) mass is 255 g/mol. The highest BCUT2D eigenvalue weighted by atomic mass is 16.2. The lowest BCUT2D eigenvalue weighted by atomic mass is 9.84. The molecule has 0 aliphatic heterocycles. The molecule has 19 heavy (non-hydrogen) atoms. The van der Waals surface area contributed by atoms with Gasteiger partial charge in [-0.15, -0.1) is 0 Å². The second kappa shape index (κ2) is 5.15. The summed E-state index contributed by atoms with van der Waals surface area (Å²) in [7, 11) is 0. The molecule has 4 nitrogen and oxygen atoms in total. The van der Waals surface area contributed by atoms with Crippen LogP contribution in [0.15, 0.2) is 30.5 Å². The number of aromatic amines is 1. The minimum Gasteiger partial charge on any atom is -0.361 e. The zero-order valence-electron chi connectivity index (χ0n) is 11.2. The predicted octanol–water partition coefficient (Wildman–Crippen LogP) is 2.38. The molecule has 0 aliphatic carbocycles. The third-order valence-corrected chi connectivity index (χ3v) is 3.25. The first-order valence-corrected chi connectivity index (χ1v) is 6.25. The minimum absolute atomic E-state index is 0.0517. The number of aromatic nitrogens is 1. The van der Waals surface area contributed by atoms with Gasteiger partial charge in [0, 0.05) is 22.5 Å². The summed E-state index contributed by atoms with van der Waals surface area (Å²) in [5.74, 6) is -0.0978. The molecule has 2 N–H and O–H groups in total. The second-order valence-electron chi connectivity index (χ2n) is 5.26. The van der Waals surface area contributed by atoms with Gasteiger partial charge in [-0.25, -0.2) is 0 Å². The van der Waals surface area contributed by atoms with Crippen LogP contribution in [0.3, 0.4) is 0 Å². The van der Waals surface area contributed by atoms with Gasteiger partial charge in [0.05, 0.1) is 6.07 Å². The number of nitriles is 1. The van der Waals surface area contributed by atoms with Crippen molar-refractivity contribution in [2.24, 2.45) is 5.41 Å². The maximum absolute atomic E-state index is 12.0. The predicted molar refractivity (Wildman–Crippen MR) is 74.4 cm³/mol. The van der Waals surface area contributed by atoms with Crippen molar-refractivity contribution < 1.29 is 4.79 Å². The van der Waals surface area contributed by atoms with Crippen molar-refractivity contribution >= 4 is 16.8 Å². The smallest absolute Gasteiger partial charge is 0.226 e. The molecular weight excluding hydrogens is 238 g/mol. The van der Waals surface area contributed by atoms with Gasteiger partial charge >= 0.3 is 0 Å². The number of amides is 1. The lowest BCUT2D eigenvalue weighted by Gasteiger charge is -2.22. The van der Waals surface area contributed by atoms with Crippen molar-refractivity contribution in [2.45, 2.75) is 20.3 Å². The van der Waals surface area contributed by atoms with Gasteiger partial charge in [0.1, 0.15) is 6.54 Å². The van der Waals surface area contributed by atoms with Gasteiger partial charge in [-0.2, -0.15) is 5.26 Å². The van der Waals surface area contributed by atoms with E-state index >= 15 is 0 Å². The van der Waals surface area contributed by atoms with Crippen LogP contribution in [0.2, 0.25) is 0 Å². The summed E-state index contributed by atoms with van der Waals surface area (Å²) in [6, 6.07) is 9.95. The SMILES string of the molecule is CC(C)(Cc1c[nH]c2ccccc12)C(=O)NCC#N. The zero-order valence-corrected chi connectivity index (χ0v) is 11.2. The number of fused-ring (bicyclic) bond motifs is 1. The van der Waals surface area contributed by atoms with Crippen molar-refractivity contribution in [3.05, 3.63) is 36.0 Å². The summed E-state index contributed by atoms with van der Waals surface area (Å²) in [6.07, 6.45) is 2.58. The van der Waals surface area contributed by atoms with Gasteiger partial charge in [-0.05, 0) is 18.1 Å². The summed E-state index contributed by atoms with van der Waals surface area (Å²) >= 11 is 0. The molecule has 0 saturated heterocycles. The van der Waals surface area contributed by atoms with Crippen LogP contribution in [0.25, 0.3) is 10.9 Å². The van der Waals surface area contributed by atoms with E-state index < -0.39 is 5.41 Å². The highest BCUT2D eigenvalue weighted by molar-refractivity contribution is 5.86. The molecule has 98 valence electrons. The third kappa shape index (κ3) is 2.76. The van der Waals surface area contributed by atoms with E-state index in [0.29, 0.717) is 6.42 Å². The molecule has 2 aromatic rings. The normalized spacial score (nSPS) is 11.2. The van der Waals surface area contributed by atoms with Gasteiger partial charge in [0.25, 0.3) is 0 Å². The molecular formula is C15H17N3O. The molecule has 1 heterocycles. The number of hydrogen-bond donors (Lipinski definition) is 2. The van der Waals surface area contributed by atoms with Crippen molar-refractivity contribution in [3.8, 4) is 6.07 Å². The average molecular weight is 255 g/mol. The Labute approximate surface area is 112 Å². The lowest BCUT2D eigenvalue weighted by Crippen LogP contribution is -2.38. The minimum atomic E-state index is -0.540. The number of hydrogen-bond acceptors (Lipinski definition) is 2. The Morgan fingerprint density at radius 2 is 2.16 bits per heavy atom. The fourth-order valence-electron chi connectivity index (χ4n) is 2.19. The van der Waals surface area contributed by atoms with Crippen LogP contribution in [0.5, 0.6) is 0 Å². The first-order chi connectivity index (χ1) is 9.04. The Morgan fingerprint density at radius 1 is 1.42 bits per heavy atom. The molecule has 0 radical (unpaired) electrons. The Kier molecular flexibility index (Phi) is 3.57. The Hall–Kier alpha value is -2.28. The van der Waals surface area contributed by atoms with Gasteiger partial charge in [-0.1, -0.05) is 32.0 Å². The Bertz CT molecular complexity index is 634. The Morgan fingerprint density at radius 3 is 2.89 bits per heavy atom. The van der Waals surface area contributed by atoms with Crippen LogP contribution in [0, 0.1) is 16.7 Å². The number of H-pyrrole nitrogens is 1. The van der Waals surface area contributed by atoms with Crippen molar-refractivity contribution in [3.63, 3.8) is 0 Å². The van der Waals surface area contributed by atoms with Gasteiger partial charge in [-0.3, -0.25) is 4.79 Å². The molecule has 4 heteroatoms. The quantitative estimate of drug-likeness (QED) is 0.823. The van der Waals surface area contributed by atoms with Gasteiger partial charge < -0.3 is 10.3 Å². The molecule has 1 aromatic heterocycles. The largest absolute Gasteiger partial charge is 0.361 e. The van der Waals surface area contributed by atoms with Crippen LogP contribution in [0.1, 0.15) is 19.4 Å². The van der Waals surface area contributed by atoms with Gasteiger partial charge in [0.2, 0.25) is 5.91 Å². The van der Waals surface area contributed by atoms with Crippen molar-refractivity contribution in [2.75, 3.05) is 6.54 Å². The van der Waals surface area contributed by atoms with E-state index in [1.54, 1.807) is 0 Å². The molecule has 0 atom stereocenters. The number of carbonyl (C=O) groups excluding carboxylic acids is 1. The number of para-hydroxylation sites is 1. The molecule has 0 unspecified atom stereocenters. The number of carbonyl (C=O) groups is 1. The fourth-order valence-corrected chi connectivity index (χ4v) is 2.19. The van der Waals surface area contributed by atoms with Crippen molar-refractivity contribution in [1.82, 2.24) is 10.3 Å². The summed E-state index contributed by atoms with van der Waals surface area (Å²) in [5.41, 5.74) is 1.65. The lowest BCUT2D eigenvalue weighted by molar-refractivity contribution is -0.129. The van der Waals surface area contributed by atoms with E-state index in [-0.39, 0.29) is 12.5 Å². The van der Waals surface area contributed by atoms with Crippen LogP contribution in [-0.4, -0.2) is 17.4 Å². The highest BCUT2D eigenvalue weighted by Crippen LogP contribution is 2.27. The fraction of sp³-hybridized carbons (Fsp3) is 0.333. The number of benzene rings is 1. The molecule has 1 amide bonds. The van der Waals surface area contributed by atoms with E-state index in [0.717, 1.165) is 16.5 Å². The van der Waals surface area contributed by atoms with E-state index in [1.807, 2.05) is 50.4 Å². The average Bonchev–Trinajstić information content (AvgIpc) is 2.79. The molecule has 0 aliphatic rings. The third-order valence-electron chi connectivity index (χ3n) is 3.25. The summed E-state index contributed by atoms with van der Waals surface area (Å²) in [6.45, 7) is 3.83. The van der Waals surface area contributed by atoms with Crippen LogP contribution >= 0.6 is 0 Å². The van der Waals surface area contributed by atoms with E-state index in [9.17, 15) is 4.79 Å². The molecule has 0 spiro atoms. The highest BCUT2D eigenvalue weighted by Gasteiger charge is 2.28. The Balaban J connectivity index is 2.20.